The Morgan fingerprint density at radius 2 is 1.96 bits per heavy atom. The molecular formula is C16H25N3O6S. The van der Waals surface area contributed by atoms with Gasteiger partial charge in [-0.3, -0.25) is 9.59 Å². The summed E-state index contributed by atoms with van der Waals surface area (Å²) in [6.07, 6.45) is 4.21. The zero-order valence-corrected chi connectivity index (χ0v) is 16.0. The summed E-state index contributed by atoms with van der Waals surface area (Å²) < 4.78 is 36.1. The van der Waals surface area contributed by atoms with Crippen molar-refractivity contribution in [2.45, 2.75) is 57.4 Å². The van der Waals surface area contributed by atoms with Crippen LogP contribution < -0.4 is 10.0 Å². The van der Waals surface area contributed by atoms with Crippen molar-refractivity contribution >= 4 is 21.9 Å². The Balaban J connectivity index is 1.77. The highest BCUT2D eigenvalue weighted by Gasteiger charge is 2.26. The van der Waals surface area contributed by atoms with Gasteiger partial charge in [0.2, 0.25) is 10.0 Å². The lowest BCUT2D eigenvalue weighted by Crippen LogP contribution is -2.43. The van der Waals surface area contributed by atoms with Crippen LogP contribution in [0.3, 0.4) is 0 Å². The van der Waals surface area contributed by atoms with E-state index >= 15 is 0 Å². The normalized spacial score (nSPS) is 20.6. The van der Waals surface area contributed by atoms with Crippen molar-refractivity contribution < 1.29 is 27.3 Å². The van der Waals surface area contributed by atoms with E-state index in [1.807, 2.05) is 0 Å². The van der Waals surface area contributed by atoms with Crippen LogP contribution in [-0.2, 0) is 24.3 Å². The second-order valence-corrected chi connectivity index (χ2v) is 8.28. The van der Waals surface area contributed by atoms with Gasteiger partial charge >= 0.3 is 5.97 Å². The molecule has 1 aromatic rings. The Morgan fingerprint density at radius 3 is 2.58 bits per heavy atom. The molecule has 0 spiro atoms. The Bertz CT molecular complexity index is 739. The highest BCUT2D eigenvalue weighted by molar-refractivity contribution is 7.89. The predicted octanol–water partition coefficient (Wildman–Crippen LogP) is 0.808. The smallest absolute Gasteiger partial charge is 0.321 e. The second kappa shape index (κ2) is 8.63. The van der Waals surface area contributed by atoms with Gasteiger partial charge in [-0.2, -0.15) is 4.72 Å². The zero-order chi connectivity index (χ0) is 19.3. The maximum Gasteiger partial charge on any atom is 0.321 e. The van der Waals surface area contributed by atoms with Crippen molar-refractivity contribution in [1.82, 2.24) is 15.2 Å². The number of nitrogens with zero attached hydrogens (tertiary/aromatic N) is 1. The largest absolute Gasteiger partial charge is 0.455 e. The van der Waals surface area contributed by atoms with E-state index in [0.29, 0.717) is 5.92 Å². The van der Waals surface area contributed by atoms with Gasteiger partial charge in [-0.15, -0.1) is 0 Å². The van der Waals surface area contributed by atoms with Crippen LogP contribution in [0.15, 0.2) is 9.42 Å². The molecule has 1 aliphatic carbocycles. The third-order valence-electron chi connectivity index (χ3n) is 4.47. The number of ether oxygens (including phenoxy) is 1. The monoisotopic (exact) mass is 387 g/mol. The lowest BCUT2D eigenvalue weighted by molar-refractivity contribution is -0.147. The first-order chi connectivity index (χ1) is 12.2. The molecule has 0 bridgehead atoms. The van der Waals surface area contributed by atoms with Gasteiger partial charge in [-0.25, -0.2) is 8.42 Å². The zero-order valence-electron chi connectivity index (χ0n) is 15.2. The summed E-state index contributed by atoms with van der Waals surface area (Å²) in [6.45, 7) is 4.01. The minimum atomic E-state index is -3.95. The first kappa shape index (κ1) is 20.4. The summed E-state index contributed by atoms with van der Waals surface area (Å²) in [5.41, 5.74) is 0.198. The Labute approximate surface area is 152 Å². The molecule has 9 nitrogen and oxygen atoms in total. The molecule has 1 aliphatic rings. The number of rotatable bonds is 7. The Morgan fingerprint density at radius 1 is 1.27 bits per heavy atom. The fourth-order valence-electron chi connectivity index (χ4n) is 3.06. The SMILES string of the molecule is Cc1noc(C)c1S(=O)(=O)NCC(=O)OCC(=O)N[C@H]1CCCC[C@H]1C. The summed E-state index contributed by atoms with van der Waals surface area (Å²) in [4.78, 5) is 23.5. The fourth-order valence-corrected chi connectivity index (χ4v) is 4.35. The van der Waals surface area contributed by atoms with Gasteiger partial charge in [0.1, 0.15) is 17.1 Å². The molecule has 2 atom stereocenters. The van der Waals surface area contributed by atoms with Gasteiger partial charge in [0, 0.05) is 6.04 Å². The number of amides is 1. The number of carbonyl (C=O) groups is 2. The molecule has 2 N–H and O–H groups in total. The molecule has 146 valence electrons. The Hall–Kier alpha value is -1.94. The number of aromatic nitrogens is 1. The van der Waals surface area contributed by atoms with Crippen LogP contribution in [0.5, 0.6) is 0 Å². The summed E-state index contributed by atoms with van der Waals surface area (Å²) in [6, 6.07) is 0.0907. The maximum atomic E-state index is 12.2. The van der Waals surface area contributed by atoms with Crippen molar-refractivity contribution in [3.05, 3.63) is 11.5 Å². The van der Waals surface area contributed by atoms with Crippen LogP contribution in [0.4, 0.5) is 0 Å². The van der Waals surface area contributed by atoms with Crippen LogP contribution >= 0.6 is 0 Å². The topological polar surface area (TPSA) is 128 Å². The number of hydrogen-bond donors (Lipinski definition) is 2. The highest BCUT2D eigenvalue weighted by atomic mass is 32.2. The number of sulfonamides is 1. The van der Waals surface area contributed by atoms with Crippen molar-refractivity contribution in [1.29, 1.82) is 0 Å². The lowest BCUT2D eigenvalue weighted by atomic mass is 9.86. The first-order valence-corrected chi connectivity index (χ1v) is 10.1. The molecule has 2 rings (SSSR count). The summed E-state index contributed by atoms with van der Waals surface area (Å²) in [5, 5.41) is 6.43. The van der Waals surface area contributed by atoms with Gasteiger partial charge in [-0.05, 0) is 32.6 Å². The number of hydrogen-bond acceptors (Lipinski definition) is 7. The van der Waals surface area contributed by atoms with Gasteiger partial charge in [0.15, 0.2) is 12.4 Å². The molecule has 1 amide bonds. The third kappa shape index (κ3) is 5.28. The molecule has 1 fully saturated rings. The van der Waals surface area contributed by atoms with Gasteiger partial charge < -0.3 is 14.6 Å². The minimum absolute atomic E-state index is 0.0907. The van der Waals surface area contributed by atoms with Crippen LogP contribution in [0, 0.1) is 19.8 Å². The number of esters is 1. The maximum absolute atomic E-state index is 12.2. The average Bonchev–Trinajstić information content (AvgIpc) is 2.92. The highest BCUT2D eigenvalue weighted by Crippen LogP contribution is 2.23. The molecule has 0 unspecified atom stereocenters. The molecule has 1 saturated carbocycles. The van der Waals surface area contributed by atoms with E-state index in [1.54, 1.807) is 0 Å². The molecule has 0 radical (unpaired) electrons. The van der Waals surface area contributed by atoms with Crippen LogP contribution in [0.2, 0.25) is 0 Å². The van der Waals surface area contributed by atoms with E-state index in [9.17, 15) is 18.0 Å². The number of aryl methyl sites for hydroxylation is 2. The number of nitrogens with one attached hydrogen (secondary N) is 2. The van der Waals surface area contributed by atoms with E-state index in [1.165, 1.54) is 13.8 Å². The second-order valence-electron chi connectivity index (χ2n) is 6.57. The average molecular weight is 387 g/mol. The van der Waals surface area contributed by atoms with Crippen molar-refractivity contribution in [2.24, 2.45) is 5.92 Å². The van der Waals surface area contributed by atoms with Crippen molar-refractivity contribution in [3.63, 3.8) is 0 Å². The predicted molar refractivity (Wildman–Crippen MR) is 91.7 cm³/mol. The van der Waals surface area contributed by atoms with Crippen LogP contribution in [0.1, 0.15) is 44.1 Å². The van der Waals surface area contributed by atoms with Gasteiger partial charge in [0.25, 0.3) is 5.91 Å². The quantitative estimate of drug-likeness (QED) is 0.663. The molecule has 10 heteroatoms. The van der Waals surface area contributed by atoms with E-state index in [-0.39, 0.29) is 28.3 Å². The molecule has 26 heavy (non-hydrogen) atoms. The van der Waals surface area contributed by atoms with Crippen molar-refractivity contribution in [2.75, 3.05) is 13.2 Å². The molecule has 1 aromatic heterocycles. The summed E-state index contributed by atoms with van der Waals surface area (Å²) in [7, 11) is -3.95. The van der Waals surface area contributed by atoms with Crippen LogP contribution in [0.25, 0.3) is 0 Å². The van der Waals surface area contributed by atoms with Gasteiger partial charge in [0.05, 0.1) is 0 Å². The standard InChI is InChI=1S/C16H25N3O6S/c1-10-6-4-5-7-13(10)18-14(20)9-24-15(21)8-17-26(22,23)16-11(2)19-25-12(16)3/h10,13,17H,4-9H2,1-3H3,(H,18,20)/t10-,13+/m1/s1. The molecule has 0 saturated heterocycles. The molecule has 0 aliphatic heterocycles. The molecule has 1 heterocycles. The third-order valence-corrected chi connectivity index (χ3v) is 6.11. The van der Waals surface area contributed by atoms with Gasteiger partial charge in [-0.1, -0.05) is 24.9 Å². The lowest BCUT2D eigenvalue weighted by Gasteiger charge is -2.29. The summed E-state index contributed by atoms with van der Waals surface area (Å²) in [5.74, 6) is -0.701. The molecular weight excluding hydrogens is 362 g/mol. The van der Waals surface area contributed by atoms with Crippen LogP contribution in [-0.4, -0.2) is 44.6 Å². The fraction of sp³-hybridized carbons (Fsp3) is 0.688. The Kier molecular flexibility index (Phi) is 6.76. The number of carbonyl (C=O) groups excluding carboxylic acids is 2. The minimum Gasteiger partial charge on any atom is -0.455 e. The van der Waals surface area contributed by atoms with E-state index < -0.39 is 29.1 Å². The first-order valence-electron chi connectivity index (χ1n) is 8.58. The van der Waals surface area contributed by atoms with Crippen molar-refractivity contribution in [3.8, 4) is 0 Å². The summed E-state index contributed by atoms with van der Waals surface area (Å²) >= 11 is 0. The van der Waals surface area contributed by atoms with E-state index in [4.69, 9.17) is 9.26 Å². The van der Waals surface area contributed by atoms with E-state index in [0.717, 1.165) is 25.7 Å². The molecule has 0 aromatic carbocycles. The van der Waals surface area contributed by atoms with E-state index in [2.05, 4.69) is 22.1 Å².